The Balaban J connectivity index is 1.51. The van der Waals surface area contributed by atoms with Gasteiger partial charge in [-0.25, -0.2) is 14.4 Å². The number of rotatable bonds is 7. The van der Waals surface area contributed by atoms with E-state index in [4.69, 9.17) is 18.9 Å². The second-order valence-electron chi connectivity index (χ2n) is 7.50. The number of aliphatic hydroxyl groups excluding tert-OH is 1. The number of hydrogen-bond donors (Lipinski definition) is 1. The second-order valence-corrected chi connectivity index (χ2v) is 7.50. The maximum atomic E-state index is 12.7. The molecule has 3 aromatic rings. The predicted molar refractivity (Wildman–Crippen MR) is 119 cm³/mol. The summed E-state index contributed by atoms with van der Waals surface area (Å²) in [7, 11) is 0. The Morgan fingerprint density at radius 1 is 0.647 bits per heavy atom. The van der Waals surface area contributed by atoms with Crippen LogP contribution in [-0.4, -0.2) is 54.2 Å². The van der Waals surface area contributed by atoms with Gasteiger partial charge in [0.25, 0.3) is 0 Å². The van der Waals surface area contributed by atoms with Crippen molar-refractivity contribution in [2.24, 2.45) is 0 Å². The highest BCUT2D eigenvalue weighted by Gasteiger charge is 2.50. The highest BCUT2D eigenvalue weighted by molar-refractivity contribution is 5.90. The Bertz CT molecular complexity index is 1120. The first kappa shape index (κ1) is 23.2. The van der Waals surface area contributed by atoms with E-state index in [2.05, 4.69) is 0 Å². The van der Waals surface area contributed by atoms with E-state index in [-0.39, 0.29) is 17.7 Å². The third-order valence-corrected chi connectivity index (χ3v) is 5.18. The minimum atomic E-state index is -1.60. The van der Waals surface area contributed by atoms with E-state index in [9.17, 15) is 19.5 Å². The lowest BCUT2D eigenvalue weighted by molar-refractivity contribution is -0.135. The van der Waals surface area contributed by atoms with Crippen molar-refractivity contribution in [2.75, 3.05) is 6.61 Å². The molecule has 0 saturated carbocycles. The fraction of sp³-hybridized carbons (Fsp3) is 0.192. The van der Waals surface area contributed by atoms with E-state index in [1.54, 1.807) is 91.0 Å². The average Bonchev–Trinajstić information content (AvgIpc) is 3.17. The first-order valence-electron chi connectivity index (χ1n) is 10.6. The molecule has 1 aliphatic heterocycles. The topological polar surface area (TPSA) is 108 Å². The van der Waals surface area contributed by atoms with Crippen LogP contribution < -0.4 is 0 Å². The Labute approximate surface area is 195 Å². The van der Waals surface area contributed by atoms with Crippen LogP contribution in [0.5, 0.6) is 0 Å². The molecular weight excluding hydrogens is 440 g/mol. The van der Waals surface area contributed by atoms with Crippen molar-refractivity contribution in [1.29, 1.82) is 0 Å². The highest BCUT2D eigenvalue weighted by atomic mass is 16.7. The van der Waals surface area contributed by atoms with E-state index in [0.717, 1.165) is 0 Å². The van der Waals surface area contributed by atoms with Crippen LogP contribution in [0.3, 0.4) is 0 Å². The SMILES string of the molecule is O=C(OC[C@@H]1O[C@H](O)C(OC(=O)c2ccccc2)[C@@H]1OC(=O)c1ccccc1)c1ccccc1. The van der Waals surface area contributed by atoms with Gasteiger partial charge in [-0.05, 0) is 36.4 Å². The van der Waals surface area contributed by atoms with E-state index >= 15 is 0 Å². The van der Waals surface area contributed by atoms with E-state index in [0.29, 0.717) is 5.56 Å². The maximum absolute atomic E-state index is 12.7. The van der Waals surface area contributed by atoms with Crippen molar-refractivity contribution in [3.63, 3.8) is 0 Å². The third-order valence-electron chi connectivity index (χ3n) is 5.18. The zero-order valence-corrected chi connectivity index (χ0v) is 18.0. The Morgan fingerprint density at radius 2 is 1.06 bits per heavy atom. The molecule has 0 aliphatic carbocycles. The van der Waals surface area contributed by atoms with E-state index in [1.165, 1.54) is 0 Å². The lowest BCUT2D eigenvalue weighted by atomic mass is 10.1. The summed E-state index contributed by atoms with van der Waals surface area (Å²) in [6.07, 6.45) is -5.22. The maximum Gasteiger partial charge on any atom is 0.338 e. The van der Waals surface area contributed by atoms with E-state index < -0.39 is 42.5 Å². The van der Waals surface area contributed by atoms with Gasteiger partial charge in [-0.15, -0.1) is 0 Å². The molecule has 0 amide bonds. The standard InChI is InChI=1S/C26H22O8/c27-23(17-10-4-1-5-11-17)31-16-20-21(33-24(28)18-12-6-2-7-13-18)22(26(30)32-20)34-25(29)19-14-8-3-9-15-19/h1-15,20-22,26,30H,16H2/t20-,21+,22?,26-/m0/s1. The van der Waals surface area contributed by atoms with Gasteiger partial charge >= 0.3 is 17.9 Å². The molecule has 3 aromatic carbocycles. The number of carbonyl (C=O) groups excluding carboxylic acids is 3. The molecule has 1 saturated heterocycles. The van der Waals surface area contributed by atoms with Crippen molar-refractivity contribution in [2.45, 2.75) is 24.6 Å². The molecular formula is C26H22O8. The first-order chi connectivity index (χ1) is 16.5. The molecule has 0 spiro atoms. The number of hydrogen-bond acceptors (Lipinski definition) is 8. The first-order valence-corrected chi connectivity index (χ1v) is 10.6. The summed E-state index contributed by atoms with van der Waals surface area (Å²) in [6, 6.07) is 24.7. The number of benzene rings is 3. The predicted octanol–water partition coefficient (Wildman–Crippen LogP) is 3.01. The molecule has 34 heavy (non-hydrogen) atoms. The van der Waals surface area contributed by atoms with Crippen LogP contribution in [0.4, 0.5) is 0 Å². The van der Waals surface area contributed by atoms with Crippen molar-refractivity contribution < 1.29 is 38.4 Å². The van der Waals surface area contributed by atoms with Crippen LogP contribution in [-0.2, 0) is 18.9 Å². The zero-order valence-electron chi connectivity index (χ0n) is 18.0. The van der Waals surface area contributed by atoms with Crippen LogP contribution in [0.15, 0.2) is 91.0 Å². The molecule has 8 heteroatoms. The highest BCUT2D eigenvalue weighted by Crippen LogP contribution is 2.28. The largest absolute Gasteiger partial charge is 0.459 e. The Hall–Kier alpha value is -4.01. The fourth-order valence-electron chi connectivity index (χ4n) is 3.46. The summed E-state index contributed by atoms with van der Waals surface area (Å²) in [5, 5.41) is 10.5. The van der Waals surface area contributed by atoms with Gasteiger partial charge in [0.15, 0.2) is 18.5 Å². The molecule has 4 rings (SSSR count). The summed E-state index contributed by atoms with van der Waals surface area (Å²) >= 11 is 0. The monoisotopic (exact) mass is 462 g/mol. The van der Waals surface area contributed by atoms with Crippen molar-refractivity contribution >= 4 is 17.9 Å². The lowest BCUT2D eigenvalue weighted by Gasteiger charge is -2.23. The molecule has 8 nitrogen and oxygen atoms in total. The molecule has 1 heterocycles. The molecule has 0 bridgehead atoms. The molecule has 1 unspecified atom stereocenters. The molecule has 174 valence electrons. The normalized spacial score (nSPS) is 21.4. The van der Waals surface area contributed by atoms with Crippen LogP contribution in [0.25, 0.3) is 0 Å². The van der Waals surface area contributed by atoms with Gasteiger partial charge in [-0.1, -0.05) is 54.6 Å². The quantitative estimate of drug-likeness (QED) is 0.422. The average molecular weight is 462 g/mol. The van der Waals surface area contributed by atoms with Gasteiger partial charge in [0.1, 0.15) is 12.7 Å². The van der Waals surface area contributed by atoms with Crippen LogP contribution in [0, 0.1) is 0 Å². The Morgan fingerprint density at radius 3 is 1.53 bits per heavy atom. The summed E-state index contributed by atoms with van der Waals surface area (Å²) < 4.78 is 21.8. The van der Waals surface area contributed by atoms with Gasteiger partial charge in [0.2, 0.25) is 0 Å². The third kappa shape index (κ3) is 5.48. The lowest BCUT2D eigenvalue weighted by Crippen LogP contribution is -2.42. The minimum absolute atomic E-state index is 0.252. The summed E-state index contributed by atoms with van der Waals surface area (Å²) in [5.74, 6) is -2.05. The summed E-state index contributed by atoms with van der Waals surface area (Å²) in [5.41, 5.74) is 0.838. The number of esters is 3. The number of ether oxygens (including phenoxy) is 4. The van der Waals surface area contributed by atoms with Crippen LogP contribution in [0.1, 0.15) is 31.1 Å². The van der Waals surface area contributed by atoms with Crippen LogP contribution in [0.2, 0.25) is 0 Å². The molecule has 0 aromatic heterocycles. The summed E-state index contributed by atoms with van der Waals surface area (Å²) in [4.78, 5) is 37.6. The van der Waals surface area contributed by atoms with Crippen molar-refractivity contribution in [3.05, 3.63) is 108 Å². The smallest absolute Gasteiger partial charge is 0.338 e. The number of aliphatic hydroxyl groups is 1. The van der Waals surface area contributed by atoms with E-state index in [1.807, 2.05) is 0 Å². The molecule has 1 N–H and O–H groups in total. The fourth-order valence-corrected chi connectivity index (χ4v) is 3.46. The number of carbonyl (C=O) groups is 3. The van der Waals surface area contributed by atoms with Gasteiger partial charge in [0.05, 0.1) is 16.7 Å². The molecule has 1 aliphatic rings. The van der Waals surface area contributed by atoms with Crippen LogP contribution >= 0.6 is 0 Å². The van der Waals surface area contributed by atoms with Gasteiger partial charge < -0.3 is 24.1 Å². The summed E-state index contributed by atoms with van der Waals surface area (Å²) in [6.45, 7) is -0.336. The minimum Gasteiger partial charge on any atom is -0.459 e. The molecule has 1 fully saturated rings. The second kappa shape index (κ2) is 10.7. The molecule has 4 atom stereocenters. The van der Waals surface area contributed by atoms with Gasteiger partial charge in [-0.2, -0.15) is 0 Å². The van der Waals surface area contributed by atoms with Crippen molar-refractivity contribution in [1.82, 2.24) is 0 Å². The van der Waals surface area contributed by atoms with Gasteiger partial charge in [0, 0.05) is 0 Å². The zero-order chi connectivity index (χ0) is 23.9. The van der Waals surface area contributed by atoms with Gasteiger partial charge in [-0.3, -0.25) is 0 Å². The Kier molecular flexibility index (Phi) is 7.31. The molecule has 0 radical (unpaired) electrons. The van der Waals surface area contributed by atoms with Crippen molar-refractivity contribution in [3.8, 4) is 0 Å².